The lowest BCUT2D eigenvalue weighted by Gasteiger charge is -2.39. The van der Waals surface area contributed by atoms with E-state index in [2.05, 4.69) is 28.0 Å². The molecule has 2 saturated heterocycles. The first-order valence-electron chi connectivity index (χ1n) is 10.9. The maximum atomic E-state index is 13.0. The molecule has 0 saturated carbocycles. The zero-order valence-electron chi connectivity index (χ0n) is 18.1. The van der Waals surface area contributed by atoms with Gasteiger partial charge in [0.1, 0.15) is 5.75 Å². The normalized spacial score (nSPS) is 24.2. The van der Waals surface area contributed by atoms with Crippen LogP contribution in [0.3, 0.4) is 0 Å². The Kier molecular flexibility index (Phi) is 6.35. The van der Waals surface area contributed by atoms with E-state index in [1.807, 2.05) is 44.2 Å². The fourth-order valence-corrected chi connectivity index (χ4v) is 5.30. The Morgan fingerprint density at radius 3 is 2.53 bits per heavy atom. The van der Waals surface area contributed by atoms with Crippen molar-refractivity contribution in [2.24, 2.45) is 11.8 Å². The molecule has 2 aromatic carbocycles. The standard InChI is InChI=1S/C25H31ClN2O2/c1-17(2)25(29)28-16-21(18-8-10-20(30-3)11-9-18)22-15-27(13-12-24(22)28)14-19-6-4-5-7-23(19)26/h4-11,17,21-22,24H,12-16H2,1-3H3/t21-,22-,24-/m0/s1. The van der Waals surface area contributed by atoms with Gasteiger partial charge in [0, 0.05) is 55.0 Å². The van der Waals surface area contributed by atoms with E-state index in [0.29, 0.717) is 17.9 Å². The maximum Gasteiger partial charge on any atom is 0.225 e. The molecule has 2 aliphatic heterocycles. The van der Waals surface area contributed by atoms with E-state index in [0.717, 1.165) is 43.4 Å². The van der Waals surface area contributed by atoms with Crippen molar-refractivity contribution in [3.63, 3.8) is 0 Å². The van der Waals surface area contributed by atoms with E-state index >= 15 is 0 Å². The number of likely N-dealkylation sites (tertiary alicyclic amines) is 2. The van der Waals surface area contributed by atoms with Crippen molar-refractivity contribution in [2.75, 3.05) is 26.7 Å². The molecule has 0 bridgehead atoms. The summed E-state index contributed by atoms with van der Waals surface area (Å²) in [4.78, 5) is 17.6. The fourth-order valence-electron chi connectivity index (χ4n) is 5.10. The lowest BCUT2D eigenvalue weighted by molar-refractivity contribution is -0.136. The van der Waals surface area contributed by atoms with Gasteiger partial charge in [-0.2, -0.15) is 0 Å². The van der Waals surface area contributed by atoms with E-state index in [9.17, 15) is 4.79 Å². The van der Waals surface area contributed by atoms with E-state index < -0.39 is 0 Å². The van der Waals surface area contributed by atoms with E-state index in [-0.39, 0.29) is 11.8 Å². The molecule has 2 fully saturated rings. The molecule has 5 heteroatoms. The van der Waals surface area contributed by atoms with Gasteiger partial charge in [0.05, 0.1) is 7.11 Å². The number of carbonyl (C=O) groups is 1. The predicted octanol–water partition coefficient (Wildman–Crippen LogP) is 4.82. The van der Waals surface area contributed by atoms with Crippen LogP contribution < -0.4 is 4.74 Å². The third-order valence-corrected chi connectivity index (χ3v) is 7.06. The van der Waals surface area contributed by atoms with Gasteiger partial charge >= 0.3 is 0 Å². The molecular weight excluding hydrogens is 396 g/mol. The summed E-state index contributed by atoms with van der Waals surface area (Å²) in [7, 11) is 1.69. The van der Waals surface area contributed by atoms with Crippen LogP contribution in [0.25, 0.3) is 0 Å². The van der Waals surface area contributed by atoms with Crippen LogP contribution in [-0.4, -0.2) is 48.5 Å². The van der Waals surface area contributed by atoms with Crippen molar-refractivity contribution >= 4 is 17.5 Å². The fraction of sp³-hybridized carbons (Fsp3) is 0.480. The highest BCUT2D eigenvalue weighted by Crippen LogP contribution is 2.42. The average molecular weight is 427 g/mol. The molecule has 4 rings (SSSR count). The zero-order chi connectivity index (χ0) is 21.3. The molecule has 0 N–H and O–H groups in total. The predicted molar refractivity (Wildman–Crippen MR) is 121 cm³/mol. The van der Waals surface area contributed by atoms with E-state index in [1.54, 1.807) is 7.11 Å². The topological polar surface area (TPSA) is 32.8 Å². The number of rotatable bonds is 5. The first kappa shape index (κ1) is 21.2. The van der Waals surface area contributed by atoms with Crippen LogP contribution in [0.1, 0.15) is 37.3 Å². The van der Waals surface area contributed by atoms with Crippen LogP contribution in [-0.2, 0) is 11.3 Å². The number of amides is 1. The molecule has 160 valence electrons. The van der Waals surface area contributed by atoms with Crippen LogP contribution in [0, 0.1) is 11.8 Å². The number of carbonyl (C=O) groups excluding carboxylic acids is 1. The number of hydrogen-bond donors (Lipinski definition) is 0. The first-order valence-corrected chi connectivity index (χ1v) is 11.3. The number of fused-ring (bicyclic) bond motifs is 1. The Bertz CT molecular complexity index is 883. The number of methoxy groups -OCH3 is 1. The van der Waals surface area contributed by atoms with Crippen molar-refractivity contribution < 1.29 is 9.53 Å². The Hall–Kier alpha value is -2.04. The molecule has 3 atom stereocenters. The summed E-state index contributed by atoms with van der Waals surface area (Å²) >= 11 is 6.42. The third kappa shape index (κ3) is 4.21. The maximum absolute atomic E-state index is 13.0. The SMILES string of the molecule is COc1ccc([C@@H]2CN(C(=O)C(C)C)[C@H]3CCN(Cc4ccccc4Cl)C[C@@H]23)cc1. The molecule has 0 spiro atoms. The minimum Gasteiger partial charge on any atom is -0.497 e. The number of piperidine rings is 1. The number of hydrogen-bond acceptors (Lipinski definition) is 3. The second kappa shape index (κ2) is 8.99. The monoisotopic (exact) mass is 426 g/mol. The highest BCUT2D eigenvalue weighted by Gasteiger charge is 2.47. The molecule has 4 nitrogen and oxygen atoms in total. The molecule has 30 heavy (non-hydrogen) atoms. The van der Waals surface area contributed by atoms with Crippen LogP contribution in [0.5, 0.6) is 5.75 Å². The Morgan fingerprint density at radius 2 is 1.87 bits per heavy atom. The van der Waals surface area contributed by atoms with Gasteiger partial charge in [0.15, 0.2) is 0 Å². The first-order chi connectivity index (χ1) is 14.5. The molecule has 2 aromatic rings. The summed E-state index contributed by atoms with van der Waals surface area (Å²) in [5.41, 5.74) is 2.47. The molecule has 2 aliphatic rings. The number of benzene rings is 2. The largest absolute Gasteiger partial charge is 0.497 e. The summed E-state index contributed by atoms with van der Waals surface area (Å²) in [6, 6.07) is 16.8. The summed E-state index contributed by atoms with van der Waals surface area (Å²) in [6.45, 7) is 7.64. The van der Waals surface area contributed by atoms with Crippen LogP contribution in [0.4, 0.5) is 0 Å². The van der Waals surface area contributed by atoms with Crippen molar-refractivity contribution in [3.05, 3.63) is 64.7 Å². The van der Waals surface area contributed by atoms with Crippen molar-refractivity contribution in [3.8, 4) is 5.75 Å². The summed E-state index contributed by atoms with van der Waals surface area (Å²) < 4.78 is 5.34. The average Bonchev–Trinajstić information content (AvgIpc) is 3.13. The lowest BCUT2D eigenvalue weighted by Crippen LogP contribution is -2.48. The Labute approximate surface area is 184 Å². The number of ether oxygens (including phenoxy) is 1. The quantitative estimate of drug-likeness (QED) is 0.687. The molecule has 0 radical (unpaired) electrons. The summed E-state index contributed by atoms with van der Waals surface area (Å²) in [5.74, 6) is 1.95. The van der Waals surface area contributed by atoms with Gasteiger partial charge in [0.2, 0.25) is 5.91 Å². The number of halogens is 1. The van der Waals surface area contributed by atoms with Gasteiger partial charge in [-0.25, -0.2) is 0 Å². The minimum absolute atomic E-state index is 0.0291. The van der Waals surface area contributed by atoms with Crippen LogP contribution in [0.15, 0.2) is 48.5 Å². The molecular formula is C25H31ClN2O2. The van der Waals surface area contributed by atoms with Gasteiger partial charge in [-0.05, 0) is 35.7 Å². The minimum atomic E-state index is 0.0291. The molecule has 0 aromatic heterocycles. The van der Waals surface area contributed by atoms with Gasteiger partial charge in [0.25, 0.3) is 0 Å². The van der Waals surface area contributed by atoms with Gasteiger partial charge in [-0.3, -0.25) is 9.69 Å². The third-order valence-electron chi connectivity index (χ3n) is 6.69. The highest BCUT2D eigenvalue weighted by atomic mass is 35.5. The van der Waals surface area contributed by atoms with E-state index in [1.165, 1.54) is 11.1 Å². The summed E-state index contributed by atoms with van der Waals surface area (Å²) in [5, 5.41) is 0.828. The van der Waals surface area contributed by atoms with Crippen molar-refractivity contribution in [1.82, 2.24) is 9.80 Å². The molecule has 1 amide bonds. The van der Waals surface area contributed by atoms with Crippen LogP contribution in [0.2, 0.25) is 5.02 Å². The summed E-state index contributed by atoms with van der Waals surface area (Å²) in [6.07, 6.45) is 1.01. The van der Waals surface area contributed by atoms with Crippen molar-refractivity contribution in [2.45, 2.75) is 38.8 Å². The lowest BCUT2D eigenvalue weighted by atomic mass is 9.81. The smallest absolute Gasteiger partial charge is 0.225 e. The zero-order valence-corrected chi connectivity index (χ0v) is 18.8. The molecule has 0 aliphatic carbocycles. The van der Waals surface area contributed by atoms with E-state index in [4.69, 9.17) is 16.3 Å². The second-order valence-electron chi connectivity index (χ2n) is 8.87. The second-order valence-corrected chi connectivity index (χ2v) is 9.28. The molecule has 2 heterocycles. The Morgan fingerprint density at radius 1 is 1.13 bits per heavy atom. The van der Waals surface area contributed by atoms with Crippen molar-refractivity contribution in [1.29, 1.82) is 0 Å². The van der Waals surface area contributed by atoms with Gasteiger partial charge in [-0.1, -0.05) is 55.8 Å². The van der Waals surface area contributed by atoms with Gasteiger partial charge < -0.3 is 9.64 Å². The Balaban J connectivity index is 1.58. The van der Waals surface area contributed by atoms with Crippen LogP contribution >= 0.6 is 11.6 Å². The highest BCUT2D eigenvalue weighted by molar-refractivity contribution is 6.31. The van der Waals surface area contributed by atoms with Gasteiger partial charge in [-0.15, -0.1) is 0 Å². The number of nitrogens with zero attached hydrogens (tertiary/aromatic N) is 2. The molecule has 0 unspecified atom stereocenters.